The third-order valence-corrected chi connectivity index (χ3v) is 4.00. The molecule has 0 spiro atoms. The number of rotatable bonds is 4. The fourth-order valence-electron chi connectivity index (χ4n) is 2.39. The van der Waals surface area contributed by atoms with Crippen LogP contribution in [0.25, 0.3) is 0 Å². The minimum atomic E-state index is -0.341. The standard InChI is InChI=1S/C14H18Cl2O2/c15-12-2-1-11(14(16)9-12)8-13(17)7-10-3-5-18-6-4-10/h1-2,9-10,13,17H,3-8H2. The van der Waals surface area contributed by atoms with Gasteiger partial charge >= 0.3 is 0 Å². The summed E-state index contributed by atoms with van der Waals surface area (Å²) in [6, 6.07) is 5.42. The van der Waals surface area contributed by atoms with Crippen molar-refractivity contribution in [2.45, 2.75) is 31.8 Å². The van der Waals surface area contributed by atoms with Crippen LogP contribution in [0.1, 0.15) is 24.8 Å². The average molecular weight is 289 g/mol. The minimum Gasteiger partial charge on any atom is -0.393 e. The second-order valence-electron chi connectivity index (χ2n) is 4.89. The van der Waals surface area contributed by atoms with E-state index in [4.69, 9.17) is 27.9 Å². The highest BCUT2D eigenvalue weighted by Gasteiger charge is 2.18. The quantitative estimate of drug-likeness (QED) is 0.915. The smallest absolute Gasteiger partial charge is 0.0583 e. The van der Waals surface area contributed by atoms with Gasteiger partial charge in [-0.3, -0.25) is 0 Å². The Morgan fingerprint density at radius 1 is 1.28 bits per heavy atom. The molecule has 1 unspecified atom stereocenters. The zero-order valence-corrected chi connectivity index (χ0v) is 11.8. The van der Waals surface area contributed by atoms with Crippen LogP contribution in [0.15, 0.2) is 18.2 Å². The van der Waals surface area contributed by atoms with Crippen LogP contribution in [0.4, 0.5) is 0 Å². The van der Waals surface area contributed by atoms with Gasteiger partial charge in [0.05, 0.1) is 6.10 Å². The fraction of sp³-hybridized carbons (Fsp3) is 0.571. The van der Waals surface area contributed by atoms with Crippen LogP contribution in [-0.2, 0) is 11.2 Å². The largest absolute Gasteiger partial charge is 0.393 e. The predicted molar refractivity (Wildman–Crippen MR) is 74.3 cm³/mol. The van der Waals surface area contributed by atoms with Gasteiger partial charge in [0.2, 0.25) is 0 Å². The molecule has 2 nitrogen and oxygen atoms in total. The molecule has 1 N–H and O–H groups in total. The average Bonchev–Trinajstić information content (AvgIpc) is 2.34. The highest BCUT2D eigenvalue weighted by atomic mass is 35.5. The lowest BCUT2D eigenvalue weighted by Gasteiger charge is -2.24. The van der Waals surface area contributed by atoms with E-state index in [1.807, 2.05) is 12.1 Å². The molecule has 0 saturated carbocycles. The molecule has 0 amide bonds. The Hall–Kier alpha value is -0.280. The van der Waals surface area contributed by atoms with E-state index in [9.17, 15) is 5.11 Å². The maximum atomic E-state index is 10.1. The summed E-state index contributed by atoms with van der Waals surface area (Å²) in [5.41, 5.74) is 0.959. The highest BCUT2D eigenvalue weighted by Crippen LogP contribution is 2.25. The van der Waals surface area contributed by atoms with Gasteiger partial charge in [-0.2, -0.15) is 0 Å². The summed E-state index contributed by atoms with van der Waals surface area (Å²) in [5.74, 6) is 0.569. The molecule has 1 aromatic rings. The van der Waals surface area contributed by atoms with Crippen LogP contribution in [0, 0.1) is 5.92 Å². The maximum Gasteiger partial charge on any atom is 0.0583 e. The van der Waals surface area contributed by atoms with Crippen molar-refractivity contribution >= 4 is 23.2 Å². The summed E-state index contributed by atoms with van der Waals surface area (Å²) < 4.78 is 5.31. The van der Waals surface area contributed by atoms with E-state index in [1.165, 1.54) is 0 Å². The summed E-state index contributed by atoms with van der Waals surface area (Å²) in [7, 11) is 0. The number of aliphatic hydroxyl groups excluding tert-OH is 1. The molecule has 1 aliphatic rings. The van der Waals surface area contributed by atoms with Crippen LogP contribution in [0.3, 0.4) is 0 Å². The Morgan fingerprint density at radius 2 is 2.00 bits per heavy atom. The van der Waals surface area contributed by atoms with Gasteiger partial charge in [0.1, 0.15) is 0 Å². The molecule has 1 fully saturated rings. The van der Waals surface area contributed by atoms with E-state index in [0.29, 0.717) is 22.4 Å². The van der Waals surface area contributed by atoms with Gasteiger partial charge in [-0.05, 0) is 49.3 Å². The van der Waals surface area contributed by atoms with E-state index >= 15 is 0 Å². The summed E-state index contributed by atoms with van der Waals surface area (Å²) in [4.78, 5) is 0. The van der Waals surface area contributed by atoms with Gasteiger partial charge in [0.25, 0.3) is 0 Å². The normalized spacial score (nSPS) is 18.8. The molecule has 0 radical (unpaired) electrons. The van der Waals surface area contributed by atoms with Crippen molar-refractivity contribution in [3.8, 4) is 0 Å². The van der Waals surface area contributed by atoms with Crippen molar-refractivity contribution in [2.75, 3.05) is 13.2 Å². The Bertz CT molecular complexity index is 389. The van der Waals surface area contributed by atoms with Crippen molar-refractivity contribution in [1.82, 2.24) is 0 Å². The van der Waals surface area contributed by atoms with Crippen molar-refractivity contribution in [1.29, 1.82) is 0 Å². The van der Waals surface area contributed by atoms with Gasteiger partial charge in [0.15, 0.2) is 0 Å². The van der Waals surface area contributed by atoms with Crippen LogP contribution in [-0.4, -0.2) is 24.4 Å². The lowest BCUT2D eigenvalue weighted by molar-refractivity contribution is 0.0439. The molecule has 1 atom stereocenters. The molecule has 0 bridgehead atoms. The Kier molecular flexibility index (Phi) is 5.31. The summed E-state index contributed by atoms with van der Waals surface area (Å²) >= 11 is 11.9. The molecule has 0 aliphatic carbocycles. The molecule has 1 aromatic carbocycles. The van der Waals surface area contributed by atoms with Gasteiger partial charge in [-0.1, -0.05) is 29.3 Å². The third kappa shape index (κ3) is 4.13. The number of aliphatic hydroxyl groups is 1. The number of halogens is 2. The predicted octanol–water partition coefficient (Wildman–Crippen LogP) is 3.71. The SMILES string of the molecule is OC(Cc1ccc(Cl)cc1Cl)CC1CCOCC1. The minimum absolute atomic E-state index is 0.341. The van der Waals surface area contributed by atoms with E-state index < -0.39 is 0 Å². The number of benzene rings is 1. The second kappa shape index (κ2) is 6.76. The maximum absolute atomic E-state index is 10.1. The summed E-state index contributed by atoms with van der Waals surface area (Å²) in [5, 5.41) is 11.4. The first-order valence-electron chi connectivity index (χ1n) is 6.35. The molecular formula is C14H18Cl2O2. The van der Waals surface area contributed by atoms with Gasteiger partial charge in [0, 0.05) is 23.3 Å². The molecular weight excluding hydrogens is 271 g/mol. The van der Waals surface area contributed by atoms with E-state index in [0.717, 1.165) is 38.0 Å². The van der Waals surface area contributed by atoms with Gasteiger partial charge < -0.3 is 9.84 Å². The second-order valence-corrected chi connectivity index (χ2v) is 5.73. The van der Waals surface area contributed by atoms with Gasteiger partial charge in [-0.25, -0.2) is 0 Å². The molecule has 100 valence electrons. The number of hydrogen-bond donors (Lipinski definition) is 1. The molecule has 18 heavy (non-hydrogen) atoms. The van der Waals surface area contributed by atoms with E-state index in [2.05, 4.69) is 0 Å². The van der Waals surface area contributed by atoms with Crippen LogP contribution >= 0.6 is 23.2 Å². The first-order valence-corrected chi connectivity index (χ1v) is 7.10. The molecule has 1 saturated heterocycles. The number of hydrogen-bond acceptors (Lipinski definition) is 2. The molecule has 1 heterocycles. The highest BCUT2D eigenvalue weighted by molar-refractivity contribution is 6.35. The van der Waals surface area contributed by atoms with Crippen molar-refractivity contribution in [2.24, 2.45) is 5.92 Å². The first kappa shape index (κ1) is 14.1. The summed E-state index contributed by atoms with van der Waals surface area (Å²) in [6.07, 6.45) is 3.17. The lowest BCUT2D eigenvalue weighted by Crippen LogP contribution is -2.22. The molecule has 1 aliphatic heterocycles. The zero-order chi connectivity index (χ0) is 13.0. The van der Waals surface area contributed by atoms with Crippen LogP contribution in [0.2, 0.25) is 10.0 Å². The van der Waals surface area contributed by atoms with Crippen molar-refractivity contribution < 1.29 is 9.84 Å². The summed E-state index contributed by atoms with van der Waals surface area (Å²) in [6.45, 7) is 1.64. The fourth-order valence-corrected chi connectivity index (χ4v) is 2.88. The monoisotopic (exact) mass is 288 g/mol. The topological polar surface area (TPSA) is 29.5 Å². The Balaban J connectivity index is 1.87. The number of ether oxygens (including phenoxy) is 1. The molecule has 0 aromatic heterocycles. The lowest BCUT2D eigenvalue weighted by atomic mass is 9.91. The first-order chi connectivity index (χ1) is 8.65. The zero-order valence-electron chi connectivity index (χ0n) is 10.2. The third-order valence-electron chi connectivity index (χ3n) is 3.42. The Labute approximate surface area is 118 Å². The molecule has 4 heteroatoms. The van der Waals surface area contributed by atoms with Gasteiger partial charge in [-0.15, -0.1) is 0 Å². The van der Waals surface area contributed by atoms with Crippen molar-refractivity contribution in [3.05, 3.63) is 33.8 Å². The van der Waals surface area contributed by atoms with Crippen LogP contribution in [0.5, 0.6) is 0 Å². The Morgan fingerprint density at radius 3 is 2.67 bits per heavy atom. The van der Waals surface area contributed by atoms with E-state index in [-0.39, 0.29) is 6.10 Å². The van der Waals surface area contributed by atoms with Crippen molar-refractivity contribution in [3.63, 3.8) is 0 Å². The van der Waals surface area contributed by atoms with E-state index in [1.54, 1.807) is 6.07 Å². The van der Waals surface area contributed by atoms with Crippen LogP contribution < -0.4 is 0 Å². The molecule has 2 rings (SSSR count).